The van der Waals surface area contributed by atoms with Gasteiger partial charge in [-0.05, 0) is 26.0 Å². The van der Waals surface area contributed by atoms with Crippen LogP contribution >= 0.6 is 0 Å². The van der Waals surface area contributed by atoms with Crippen LogP contribution in [0, 0.1) is 5.41 Å². The van der Waals surface area contributed by atoms with Crippen molar-refractivity contribution < 1.29 is 14.2 Å². The quantitative estimate of drug-likeness (QED) is 0.874. The van der Waals surface area contributed by atoms with Gasteiger partial charge in [-0.15, -0.1) is 0 Å². The lowest BCUT2D eigenvalue weighted by atomic mass is 9.89. The van der Waals surface area contributed by atoms with Crippen LogP contribution in [-0.2, 0) is 17.7 Å². The fraction of sp³-hybridized carbons (Fsp3) is 0.647. The molecule has 0 aliphatic carbocycles. The third-order valence-corrected chi connectivity index (χ3v) is 4.15. The molecule has 4 nitrogen and oxygen atoms in total. The van der Waals surface area contributed by atoms with E-state index in [0.717, 1.165) is 44.2 Å². The summed E-state index contributed by atoms with van der Waals surface area (Å²) in [6.07, 6.45) is 1.24. The molecule has 0 amide bonds. The van der Waals surface area contributed by atoms with Crippen molar-refractivity contribution in [2.45, 2.75) is 39.8 Å². The molecule has 0 spiro atoms. The zero-order chi connectivity index (χ0) is 14.9. The van der Waals surface area contributed by atoms with E-state index in [4.69, 9.17) is 14.2 Å². The highest BCUT2D eigenvalue weighted by Crippen LogP contribution is 2.35. The van der Waals surface area contributed by atoms with Gasteiger partial charge in [0.1, 0.15) is 17.6 Å². The highest BCUT2D eigenvalue weighted by molar-refractivity contribution is 5.48. The van der Waals surface area contributed by atoms with Gasteiger partial charge in [0.05, 0.1) is 19.8 Å². The molecule has 2 heterocycles. The van der Waals surface area contributed by atoms with E-state index < -0.39 is 0 Å². The predicted molar refractivity (Wildman–Crippen MR) is 82.0 cm³/mol. The molecule has 1 aromatic carbocycles. The number of hydrogen-bond acceptors (Lipinski definition) is 4. The first-order chi connectivity index (χ1) is 10.1. The van der Waals surface area contributed by atoms with Gasteiger partial charge in [0, 0.05) is 36.1 Å². The third-order valence-electron chi connectivity index (χ3n) is 4.15. The van der Waals surface area contributed by atoms with Crippen LogP contribution in [-0.4, -0.2) is 32.5 Å². The average Bonchev–Trinajstić information content (AvgIpc) is 2.76. The molecule has 2 aliphatic heterocycles. The van der Waals surface area contributed by atoms with Crippen molar-refractivity contribution in [1.29, 1.82) is 0 Å². The second kappa shape index (κ2) is 5.85. The Morgan fingerprint density at radius 2 is 2.19 bits per heavy atom. The van der Waals surface area contributed by atoms with Gasteiger partial charge in [0.2, 0.25) is 0 Å². The molecule has 1 atom stereocenters. The minimum absolute atomic E-state index is 0.267. The molecule has 21 heavy (non-hydrogen) atoms. The Bertz CT molecular complexity index is 511. The standard InChI is InChI=1S/C17H25NO3/c1-4-20-15-6-13-5-12(2)21-16(13)7-14(15)8-18-9-17(3)10-19-11-17/h6-7,12,18H,4-5,8-11H2,1-3H3. The van der Waals surface area contributed by atoms with Crippen LogP contribution in [0.3, 0.4) is 0 Å². The summed E-state index contributed by atoms with van der Waals surface area (Å²) in [5.74, 6) is 2.00. The highest BCUT2D eigenvalue weighted by Gasteiger charge is 2.32. The minimum atomic E-state index is 0.267. The number of benzene rings is 1. The van der Waals surface area contributed by atoms with E-state index in [1.807, 2.05) is 6.92 Å². The van der Waals surface area contributed by atoms with E-state index >= 15 is 0 Å². The second-order valence-corrected chi connectivity index (χ2v) is 6.54. The molecule has 1 unspecified atom stereocenters. The maximum absolute atomic E-state index is 5.86. The smallest absolute Gasteiger partial charge is 0.124 e. The first-order valence-electron chi connectivity index (χ1n) is 7.83. The van der Waals surface area contributed by atoms with Crippen LogP contribution < -0.4 is 14.8 Å². The Labute approximate surface area is 126 Å². The van der Waals surface area contributed by atoms with Crippen LogP contribution in [0.4, 0.5) is 0 Å². The first-order valence-corrected chi connectivity index (χ1v) is 7.83. The summed E-state index contributed by atoms with van der Waals surface area (Å²) in [6, 6.07) is 4.28. The van der Waals surface area contributed by atoms with Gasteiger partial charge in [-0.2, -0.15) is 0 Å². The second-order valence-electron chi connectivity index (χ2n) is 6.54. The molecule has 0 bridgehead atoms. The van der Waals surface area contributed by atoms with Gasteiger partial charge in [-0.3, -0.25) is 0 Å². The molecule has 4 heteroatoms. The number of nitrogens with one attached hydrogen (secondary N) is 1. The molecule has 1 saturated heterocycles. The Kier molecular flexibility index (Phi) is 4.09. The van der Waals surface area contributed by atoms with Crippen LogP contribution in [0.2, 0.25) is 0 Å². The van der Waals surface area contributed by atoms with Gasteiger partial charge in [0.15, 0.2) is 0 Å². The number of fused-ring (bicyclic) bond motifs is 1. The normalized spacial score (nSPS) is 22.3. The highest BCUT2D eigenvalue weighted by atomic mass is 16.5. The van der Waals surface area contributed by atoms with Gasteiger partial charge in [0.25, 0.3) is 0 Å². The molecule has 2 aliphatic rings. The number of rotatable bonds is 6. The summed E-state index contributed by atoms with van der Waals surface area (Å²) in [5.41, 5.74) is 2.72. The van der Waals surface area contributed by atoms with Crippen LogP contribution in [0.1, 0.15) is 31.9 Å². The van der Waals surface area contributed by atoms with E-state index in [1.54, 1.807) is 0 Å². The topological polar surface area (TPSA) is 39.7 Å². The number of hydrogen-bond donors (Lipinski definition) is 1. The molecule has 1 N–H and O–H groups in total. The lowest BCUT2D eigenvalue weighted by Crippen LogP contribution is -2.47. The molecule has 0 radical (unpaired) electrons. The Morgan fingerprint density at radius 1 is 1.38 bits per heavy atom. The lowest BCUT2D eigenvalue weighted by molar-refractivity contribution is -0.0991. The summed E-state index contributed by atoms with van der Waals surface area (Å²) in [6.45, 7) is 10.5. The zero-order valence-electron chi connectivity index (χ0n) is 13.2. The van der Waals surface area contributed by atoms with Crippen molar-refractivity contribution in [1.82, 2.24) is 5.32 Å². The van der Waals surface area contributed by atoms with Gasteiger partial charge >= 0.3 is 0 Å². The van der Waals surface area contributed by atoms with Crippen LogP contribution in [0.5, 0.6) is 11.5 Å². The van der Waals surface area contributed by atoms with Crippen molar-refractivity contribution in [2.24, 2.45) is 5.41 Å². The van der Waals surface area contributed by atoms with Crippen molar-refractivity contribution in [2.75, 3.05) is 26.4 Å². The molecule has 1 aromatic rings. The van der Waals surface area contributed by atoms with Gasteiger partial charge < -0.3 is 19.5 Å². The summed E-state index contributed by atoms with van der Waals surface area (Å²) in [7, 11) is 0. The zero-order valence-corrected chi connectivity index (χ0v) is 13.2. The minimum Gasteiger partial charge on any atom is -0.494 e. The average molecular weight is 291 g/mol. The Hall–Kier alpha value is -1.26. The van der Waals surface area contributed by atoms with E-state index in [1.165, 1.54) is 11.1 Å². The van der Waals surface area contributed by atoms with Crippen LogP contribution in [0.25, 0.3) is 0 Å². The predicted octanol–water partition coefficient (Wildman–Crippen LogP) is 2.53. The summed E-state index contributed by atoms with van der Waals surface area (Å²) < 4.78 is 16.9. The van der Waals surface area contributed by atoms with Crippen LogP contribution in [0.15, 0.2) is 12.1 Å². The molecular formula is C17H25NO3. The fourth-order valence-corrected chi connectivity index (χ4v) is 2.96. The Morgan fingerprint density at radius 3 is 2.86 bits per heavy atom. The summed E-state index contributed by atoms with van der Waals surface area (Å²) in [4.78, 5) is 0. The fourth-order valence-electron chi connectivity index (χ4n) is 2.96. The molecule has 116 valence electrons. The number of ether oxygens (including phenoxy) is 3. The van der Waals surface area contributed by atoms with Crippen molar-refractivity contribution >= 4 is 0 Å². The lowest BCUT2D eigenvalue weighted by Gasteiger charge is -2.38. The monoisotopic (exact) mass is 291 g/mol. The van der Waals surface area contributed by atoms with Crippen molar-refractivity contribution in [3.05, 3.63) is 23.3 Å². The van der Waals surface area contributed by atoms with Crippen molar-refractivity contribution in [3.63, 3.8) is 0 Å². The maximum atomic E-state index is 5.86. The summed E-state index contributed by atoms with van der Waals surface area (Å²) >= 11 is 0. The van der Waals surface area contributed by atoms with Crippen molar-refractivity contribution in [3.8, 4) is 11.5 Å². The molecule has 0 aromatic heterocycles. The first kappa shape index (κ1) is 14.7. The molecule has 0 saturated carbocycles. The van der Waals surface area contributed by atoms with E-state index in [9.17, 15) is 0 Å². The third kappa shape index (κ3) is 3.16. The summed E-state index contributed by atoms with van der Waals surface area (Å²) in [5, 5.41) is 3.53. The van der Waals surface area contributed by atoms with E-state index in [0.29, 0.717) is 6.61 Å². The SMILES string of the molecule is CCOc1cc2c(cc1CNCC1(C)COC1)OC(C)C2. The Balaban J connectivity index is 1.69. The van der Waals surface area contributed by atoms with E-state index in [2.05, 4.69) is 31.3 Å². The van der Waals surface area contributed by atoms with E-state index in [-0.39, 0.29) is 11.5 Å². The van der Waals surface area contributed by atoms with Gasteiger partial charge in [-0.1, -0.05) is 6.92 Å². The molecule has 3 rings (SSSR count). The molecule has 1 fully saturated rings. The molecular weight excluding hydrogens is 266 g/mol. The maximum Gasteiger partial charge on any atom is 0.124 e. The largest absolute Gasteiger partial charge is 0.494 e. The van der Waals surface area contributed by atoms with Gasteiger partial charge in [-0.25, -0.2) is 0 Å².